The number of benzene rings is 1. The van der Waals surface area contributed by atoms with E-state index in [0.717, 1.165) is 37.0 Å². The standard InChI is InChI=1S/C25H39NO3/c1-6-7-8-9-14-23(2,3)18-10-12-20-21(15-18)29-24(4,5)22-13-11-19(26-17-27)16-25(20,22)28/h10,12,15,17,19,22,28H,6-9,11,13-14,16H2,1-5H3,(H,26,27). The Balaban J connectivity index is 1.90. The summed E-state index contributed by atoms with van der Waals surface area (Å²) in [6, 6.07) is 6.41. The van der Waals surface area contributed by atoms with E-state index in [1.807, 2.05) is 0 Å². The minimum Gasteiger partial charge on any atom is -0.487 e. The number of fused-ring (bicyclic) bond motifs is 3. The first-order valence-electron chi connectivity index (χ1n) is 11.4. The Morgan fingerprint density at radius 1 is 1.24 bits per heavy atom. The van der Waals surface area contributed by atoms with Crippen LogP contribution in [0.25, 0.3) is 0 Å². The van der Waals surface area contributed by atoms with E-state index in [2.05, 4.69) is 58.1 Å². The first kappa shape index (κ1) is 22.1. The molecule has 4 nitrogen and oxygen atoms in total. The summed E-state index contributed by atoms with van der Waals surface area (Å²) in [5, 5.41) is 14.7. The van der Waals surface area contributed by atoms with Gasteiger partial charge in [0.15, 0.2) is 0 Å². The van der Waals surface area contributed by atoms with Crippen molar-refractivity contribution in [1.82, 2.24) is 5.32 Å². The summed E-state index contributed by atoms with van der Waals surface area (Å²) in [5.74, 6) is 0.819. The summed E-state index contributed by atoms with van der Waals surface area (Å²) in [7, 11) is 0. The molecule has 29 heavy (non-hydrogen) atoms. The lowest BCUT2D eigenvalue weighted by atomic mass is 9.62. The average molecular weight is 402 g/mol. The van der Waals surface area contributed by atoms with Crippen molar-refractivity contribution in [2.45, 2.75) is 109 Å². The van der Waals surface area contributed by atoms with Crippen LogP contribution in [-0.4, -0.2) is 23.2 Å². The summed E-state index contributed by atoms with van der Waals surface area (Å²) < 4.78 is 6.48. The fourth-order valence-electron chi connectivity index (χ4n) is 5.56. The van der Waals surface area contributed by atoms with Crippen molar-refractivity contribution in [1.29, 1.82) is 0 Å². The maximum atomic E-state index is 11.8. The van der Waals surface area contributed by atoms with Crippen molar-refractivity contribution >= 4 is 6.41 Å². The zero-order chi connectivity index (χ0) is 21.3. The third-order valence-corrected chi connectivity index (χ3v) is 7.34. The van der Waals surface area contributed by atoms with Gasteiger partial charge >= 0.3 is 0 Å². The number of carbonyl (C=O) groups excluding carboxylic acids is 1. The Kier molecular flexibility index (Phi) is 6.33. The number of nitrogens with one attached hydrogen (secondary N) is 1. The minimum atomic E-state index is -0.972. The van der Waals surface area contributed by atoms with Crippen molar-refractivity contribution < 1.29 is 14.6 Å². The Hall–Kier alpha value is -1.55. The summed E-state index contributed by atoms with van der Waals surface area (Å²) in [6.07, 6.45) is 9.20. The van der Waals surface area contributed by atoms with Crippen LogP contribution in [0.2, 0.25) is 0 Å². The van der Waals surface area contributed by atoms with E-state index < -0.39 is 11.2 Å². The highest BCUT2D eigenvalue weighted by molar-refractivity contribution is 5.49. The highest BCUT2D eigenvalue weighted by atomic mass is 16.5. The Morgan fingerprint density at radius 3 is 2.69 bits per heavy atom. The lowest BCUT2D eigenvalue weighted by Gasteiger charge is -2.54. The van der Waals surface area contributed by atoms with Gasteiger partial charge in [-0.15, -0.1) is 0 Å². The van der Waals surface area contributed by atoms with Crippen LogP contribution < -0.4 is 10.1 Å². The molecule has 1 aliphatic carbocycles. The van der Waals surface area contributed by atoms with Crippen LogP contribution >= 0.6 is 0 Å². The van der Waals surface area contributed by atoms with Crippen LogP contribution in [0.1, 0.15) is 97.1 Å². The molecule has 2 aliphatic rings. The van der Waals surface area contributed by atoms with Gasteiger partial charge in [0.25, 0.3) is 0 Å². The third-order valence-electron chi connectivity index (χ3n) is 7.34. The molecule has 162 valence electrons. The number of hydrogen-bond acceptors (Lipinski definition) is 3. The quantitative estimate of drug-likeness (QED) is 0.464. The summed E-state index contributed by atoms with van der Waals surface area (Å²) in [4.78, 5) is 11.0. The highest BCUT2D eigenvalue weighted by Crippen LogP contribution is 2.54. The van der Waals surface area contributed by atoms with E-state index in [-0.39, 0.29) is 17.4 Å². The van der Waals surface area contributed by atoms with Crippen LogP contribution in [0.3, 0.4) is 0 Å². The highest BCUT2D eigenvalue weighted by Gasteiger charge is 2.55. The molecular weight excluding hydrogens is 362 g/mol. The van der Waals surface area contributed by atoms with Gasteiger partial charge in [-0.1, -0.05) is 58.6 Å². The molecule has 1 aromatic carbocycles. The monoisotopic (exact) mass is 401 g/mol. The van der Waals surface area contributed by atoms with Crippen molar-refractivity contribution in [3.05, 3.63) is 29.3 Å². The molecule has 1 heterocycles. The van der Waals surface area contributed by atoms with Crippen molar-refractivity contribution in [3.8, 4) is 5.75 Å². The zero-order valence-electron chi connectivity index (χ0n) is 18.9. The second-order valence-electron chi connectivity index (χ2n) is 10.4. The average Bonchev–Trinajstić information content (AvgIpc) is 2.64. The number of rotatable bonds is 8. The van der Waals surface area contributed by atoms with Crippen LogP contribution in [0.15, 0.2) is 18.2 Å². The molecule has 0 saturated heterocycles. The molecule has 3 unspecified atom stereocenters. The minimum absolute atomic E-state index is 0.00480. The van der Waals surface area contributed by atoms with Gasteiger partial charge in [0.05, 0.1) is 0 Å². The van der Waals surface area contributed by atoms with E-state index in [0.29, 0.717) is 6.42 Å². The predicted octanol–water partition coefficient (Wildman–Crippen LogP) is 5.21. The maximum Gasteiger partial charge on any atom is 0.207 e. The topological polar surface area (TPSA) is 58.6 Å². The van der Waals surface area contributed by atoms with Crippen LogP contribution in [0, 0.1) is 5.92 Å². The van der Waals surface area contributed by atoms with Crippen LogP contribution in [0.5, 0.6) is 5.75 Å². The van der Waals surface area contributed by atoms with Gasteiger partial charge in [0, 0.05) is 23.9 Å². The Bertz CT molecular complexity index is 727. The van der Waals surface area contributed by atoms with Crippen molar-refractivity contribution in [2.24, 2.45) is 5.92 Å². The molecule has 1 fully saturated rings. The first-order chi connectivity index (χ1) is 13.6. The van der Waals surface area contributed by atoms with Gasteiger partial charge in [0.2, 0.25) is 6.41 Å². The molecule has 0 aromatic heterocycles. The van der Waals surface area contributed by atoms with Crippen molar-refractivity contribution in [3.63, 3.8) is 0 Å². The second kappa shape index (κ2) is 8.29. The molecule has 1 amide bonds. The van der Waals surface area contributed by atoms with E-state index in [1.54, 1.807) is 0 Å². The fourth-order valence-corrected chi connectivity index (χ4v) is 5.56. The van der Waals surface area contributed by atoms with Crippen molar-refractivity contribution in [2.75, 3.05) is 0 Å². The van der Waals surface area contributed by atoms with Crippen LogP contribution in [0.4, 0.5) is 0 Å². The van der Waals surface area contributed by atoms with E-state index in [4.69, 9.17) is 4.74 Å². The van der Waals surface area contributed by atoms with Gasteiger partial charge in [-0.25, -0.2) is 0 Å². The maximum absolute atomic E-state index is 11.8. The van der Waals surface area contributed by atoms with Gasteiger partial charge in [-0.2, -0.15) is 0 Å². The molecular formula is C25H39NO3. The second-order valence-corrected chi connectivity index (χ2v) is 10.4. The molecule has 0 bridgehead atoms. The predicted molar refractivity (Wildman–Crippen MR) is 117 cm³/mol. The molecule has 4 heteroatoms. The number of aliphatic hydroxyl groups is 1. The molecule has 1 aliphatic heterocycles. The summed E-state index contributed by atoms with van der Waals surface area (Å²) >= 11 is 0. The number of hydrogen-bond donors (Lipinski definition) is 2. The molecule has 0 spiro atoms. The van der Waals surface area contributed by atoms with Gasteiger partial charge in [0.1, 0.15) is 17.0 Å². The molecule has 1 saturated carbocycles. The Morgan fingerprint density at radius 2 is 2.00 bits per heavy atom. The lowest BCUT2D eigenvalue weighted by Crippen LogP contribution is -2.58. The largest absolute Gasteiger partial charge is 0.487 e. The smallest absolute Gasteiger partial charge is 0.207 e. The number of amides is 1. The Labute approximate surface area is 176 Å². The van der Waals surface area contributed by atoms with E-state index in [1.165, 1.54) is 31.2 Å². The fraction of sp³-hybridized carbons (Fsp3) is 0.720. The molecule has 1 aromatic rings. The van der Waals surface area contributed by atoms with E-state index in [9.17, 15) is 9.90 Å². The van der Waals surface area contributed by atoms with Gasteiger partial charge in [-0.3, -0.25) is 4.79 Å². The SMILES string of the molecule is CCCCCCC(C)(C)c1ccc2c(c1)OC(C)(C)C1CCC(NC=O)CC21O. The molecule has 0 radical (unpaired) electrons. The lowest BCUT2D eigenvalue weighted by molar-refractivity contribution is -0.152. The van der Waals surface area contributed by atoms with Gasteiger partial charge in [-0.05, 0) is 50.2 Å². The van der Waals surface area contributed by atoms with Crippen LogP contribution in [-0.2, 0) is 15.8 Å². The third kappa shape index (κ3) is 4.33. The zero-order valence-corrected chi connectivity index (χ0v) is 18.9. The summed E-state index contributed by atoms with van der Waals surface area (Å²) in [6.45, 7) is 11.0. The normalized spacial score (nSPS) is 28.1. The summed E-state index contributed by atoms with van der Waals surface area (Å²) in [5.41, 5.74) is 0.801. The molecule has 3 rings (SSSR count). The van der Waals surface area contributed by atoms with E-state index >= 15 is 0 Å². The van der Waals surface area contributed by atoms with Gasteiger partial charge < -0.3 is 15.2 Å². The number of ether oxygens (including phenoxy) is 1. The molecule has 3 atom stereocenters. The number of carbonyl (C=O) groups is 1. The first-order valence-corrected chi connectivity index (χ1v) is 11.4. The number of unbranched alkanes of at least 4 members (excludes halogenated alkanes) is 3. The molecule has 2 N–H and O–H groups in total.